The third-order valence-corrected chi connectivity index (χ3v) is 4.61. The minimum absolute atomic E-state index is 0.762. The van der Waals surface area contributed by atoms with Gasteiger partial charge in [0, 0.05) is 0 Å². The van der Waals surface area contributed by atoms with Crippen LogP contribution in [0.3, 0.4) is 0 Å². The van der Waals surface area contributed by atoms with Gasteiger partial charge in [-0.15, -0.1) is 0 Å². The average molecular weight is 280 g/mol. The predicted molar refractivity (Wildman–Crippen MR) is 79.0 cm³/mol. The molecule has 0 unspecified atom stereocenters. The van der Waals surface area contributed by atoms with Gasteiger partial charge in [0.05, 0.1) is 11.6 Å². The van der Waals surface area contributed by atoms with Crippen LogP contribution in [-0.2, 0) is 6.42 Å². The molecule has 1 N–H and O–H groups in total. The van der Waals surface area contributed by atoms with Crippen LogP contribution in [0.15, 0.2) is 18.2 Å². The van der Waals surface area contributed by atoms with Crippen LogP contribution in [0.4, 0.5) is 0 Å². The van der Waals surface area contributed by atoms with Gasteiger partial charge < -0.3 is 10.1 Å². The van der Waals surface area contributed by atoms with Crippen LogP contribution in [0.5, 0.6) is 5.75 Å². The highest BCUT2D eigenvalue weighted by molar-refractivity contribution is 6.32. The molecule has 0 bridgehead atoms. The third-order valence-electron chi connectivity index (χ3n) is 4.18. The lowest BCUT2D eigenvalue weighted by Crippen LogP contribution is -2.28. The summed E-state index contributed by atoms with van der Waals surface area (Å²) in [6, 6.07) is 6.22. The zero-order valence-electron chi connectivity index (χ0n) is 11.3. The molecule has 1 saturated heterocycles. The van der Waals surface area contributed by atoms with Gasteiger partial charge in [-0.05, 0) is 68.7 Å². The molecule has 2 nitrogen and oxygen atoms in total. The molecule has 0 radical (unpaired) electrons. The Morgan fingerprint density at radius 2 is 1.89 bits per heavy atom. The first-order chi connectivity index (χ1) is 9.33. The Bertz CT molecular complexity index is 425. The van der Waals surface area contributed by atoms with E-state index in [2.05, 4.69) is 17.4 Å². The van der Waals surface area contributed by atoms with E-state index in [-0.39, 0.29) is 0 Å². The molecule has 1 aliphatic carbocycles. The van der Waals surface area contributed by atoms with Gasteiger partial charge >= 0.3 is 0 Å². The van der Waals surface area contributed by atoms with Gasteiger partial charge in [0.2, 0.25) is 0 Å². The topological polar surface area (TPSA) is 21.3 Å². The Morgan fingerprint density at radius 3 is 2.63 bits per heavy atom. The van der Waals surface area contributed by atoms with Crippen molar-refractivity contribution in [3.63, 3.8) is 0 Å². The van der Waals surface area contributed by atoms with E-state index in [0.29, 0.717) is 0 Å². The Kier molecular flexibility index (Phi) is 4.29. The molecule has 2 fully saturated rings. The van der Waals surface area contributed by atoms with Gasteiger partial charge in [0.15, 0.2) is 0 Å². The van der Waals surface area contributed by atoms with Crippen molar-refractivity contribution < 1.29 is 4.74 Å². The first kappa shape index (κ1) is 13.3. The highest BCUT2D eigenvalue weighted by Gasteiger charge is 2.23. The molecule has 104 valence electrons. The number of halogens is 1. The molecule has 19 heavy (non-hydrogen) atoms. The van der Waals surface area contributed by atoms with Crippen LogP contribution in [0.2, 0.25) is 5.02 Å². The van der Waals surface area contributed by atoms with Gasteiger partial charge in [0.25, 0.3) is 0 Å². The zero-order chi connectivity index (χ0) is 13.1. The lowest BCUT2D eigenvalue weighted by molar-refractivity contribution is 0.299. The van der Waals surface area contributed by atoms with Crippen LogP contribution in [-0.4, -0.2) is 19.7 Å². The largest absolute Gasteiger partial charge is 0.492 e. The summed E-state index contributed by atoms with van der Waals surface area (Å²) in [5.74, 6) is 2.40. The van der Waals surface area contributed by atoms with Crippen molar-refractivity contribution in [2.45, 2.75) is 32.1 Å². The lowest BCUT2D eigenvalue weighted by Gasteiger charge is -2.23. The molecular weight excluding hydrogens is 258 g/mol. The Labute approximate surface area is 120 Å². The molecule has 0 atom stereocenters. The zero-order valence-corrected chi connectivity index (χ0v) is 12.1. The molecule has 3 rings (SSSR count). The summed E-state index contributed by atoms with van der Waals surface area (Å²) in [6.07, 6.45) is 6.22. The molecule has 1 heterocycles. The highest BCUT2D eigenvalue weighted by Crippen LogP contribution is 2.34. The van der Waals surface area contributed by atoms with Gasteiger partial charge in [-0.25, -0.2) is 0 Å². The highest BCUT2D eigenvalue weighted by atomic mass is 35.5. The summed E-state index contributed by atoms with van der Waals surface area (Å²) in [5.41, 5.74) is 1.25. The quantitative estimate of drug-likeness (QED) is 0.888. The fourth-order valence-electron chi connectivity index (χ4n) is 2.71. The molecule has 1 saturated carbocycles. The predicted octanol–water partition coefficient (Wildman–Crippen LogP) is 3.67. The Morgan fingerprint density at radius 1 is 1.11 bits per heavy atom. The van der Waals surface area contributed by atoms with Crippen molar-refractivity contribution in [1.29, 1.82) is 0 Å². The summed E-state index contributed by atoms with van der Waals surface area (Å²) >= 11 is 6.49. The molecule has 1 aromatic carbocycles. The number of hydrogen-bond acceptors (Lipinski definition) is 2. The van der Waals surface area contributed by atoms with Gasteiger partial charge in [0.1, 0.15) is 5.75 Å². The SMILES string of the molecule is Clc1c(CC2CCNCC2)cccc1OCC1CC1. The molecular formula is C16H22ClNO. The normalized spacial score (nSPS) is 20.5. The smallest absolute Gasteiger partial charge is 0.138 e. The number of nitrogens with one attached hydrogen (secondary N) is 1. The molecule has 1 aromatic rings. The maximum absolute atomic E-state index is 6.49. The van der Waals surface area contributed by atoms with Crippen LogP contribution in [0, 0.1) is 11.8 Å². The molecule has 2 aliphatic rings. The molecule has 0 spiro atoms. The summed E-state index contributed by atoms with van der Waals surface area (Å²) in [4.78, 5) is 0. The first-order valence-electron chi connectivity index (χ1n) is 7.44. The van der Waals surface area contributed by atoms with E-state index >= 15 is 0 Å². The number of hydrogen-bond donors (Lipinski definition) is 1. The number of ether oxygens (including phenoxy) is 1. The standard InChI is InChI=1S/C16H22ClNO/c17-16-14(10-12-6-8-18-9-7-12)2-1-3-15(16)19-11-13-4-5-13/h1-3,12-13,18H,4-11H2. The van der Waals surface area contributed by atoms with E-state index in [9.17, 15) is 0 Å². The minimum atomic E-state index is 0.762. The Balaban J connectivity index is 1.64. The third kappa shape index (κ3) is 3.64. The number of rotatable bonds is 5. The summed E-state index contributed by atoms with van der Waals surface area (Å²) in [6.45, 7) is 3.11. The molecule has 3 heteroatoms. The lowest BCUT2D eigenvalue weighted by atomic mass is 9.91. The fourth-order valence-corrected chi connectivity index (χ4v) is 2.97. The van der Waals surface area contributed by atoms with Crippen LogP contribution < -0.4 is 10.1 Å². The van der Waals surface area contributed by atoms with Crippen molar-refractivity contribution >= 4 is 11.6 Å². The summed E-state index contributed by atoms with van der Waals surface area (Å²) in [5, 5.41) is 4.24. The van der Waals surface area contributed by atoms with Gasteiger partial charge in [-0.1, -0.05) is 23.7 Å². The van der Waals surface area contributed by atoms with Crippen LogP contribution in [0.1, 0.15) is 31.2 Å². The van der Waals surface area contributed by atoms with E-state index < -0.39 is 0 Å². The second-order valence-electron chi connectivity index (χ2n) is 5.88. The fraction of sp³-hybridized carbons (Fsp3) is 0.625. The molecule has 0 aromatic heterocycles. The van der Waals surface area contributed by atoms with Gasteiger partial charge in [-0.2, -0.15) is 0 Å². The maximum Gasteiger partial charge on any atom is 0.138 e. The number of benzene rings is 1. The van der Waals surface area contributed by atoms with Crippen molar-refractivity contribution in [1.82, 2.24) is 5.32 Å². The molecule has 1 aliphatic heterocycles. The number of piperidine rings is 1. The van der Waals surface area contributed by atoms with Crippen LogP contribution in [0.25, 0.3) is 0 Å². The van der Waals surface area contributed by atoms with Crippen molar-refractivity contribution in [3.8, 4) is 5.75 Å². The Hall–Kier alpha value is -0.730. The van der Waals surface area contributed by atoms with Crippen molar-refractivity contribution in [2.75, 3.05) is 19.7 Å². The monoisotopic (exact) mass is 279 g/mol. The van der Waals surface area contributed by atoms with E-state index in [4.69, 9.17) is 16.3 Å². The second kappa shape index (κ2) is 6.15. The van der Waals surface area contributed by atoms with Gasteiger partial charge in [-0.3, -0.25) is 0 Å². The molecule has 0 amide bonds. The summed E-state index contributed by atoms with van der Waals surface area (Å²) < 4.78 is 5.85. The first-order valence-corrected chi connectivity index (χ1v) is 7.81. The maximum atomic E-state index is 6.49. The van der Waals surface area contributed by atoms with Crippen molar-refractivity contribution in [2.24, 2.45) is 11.8 Å². The van der Waals surface area contributed by atoms with E-state index in [1.165, 1.54) is 31.2 Å². The van der Waals surface area contributed by atoms with E-state index in [0.717, 1.165) is 48.7 Å². The summed E-state index contributed by atoms with van der Waals surface area (Å²) in [7, 11) is 0. The second-order valence-corrected chi connectivity index (χ2v) is 6.26. The van der Waals surface area contributed by atoms with E-state index in [1.54, 1.807) is 0 Å². The van der Waals surface area contributed by atoms with E-state index in [1.807, 2.05) is 6.07 Å². The van der Waals surface area contributed by atoms with Crippen LogP contribution >= 0.6 is 11.6 Å². The van der Waals surface area contributed by atoms with Crippen molar-refractivity contribution in [3.05, 3.63) is 28.8 Å². The minimum Gasteiger partial charge on any atom is -0.492 e. The average Bonchev–Trinajstić information content (AvgIpc) is 3.25.